The minimum atomic E-state index is -0.0415. The molecule has 0 spiro atoms. The molecule has 0 aliphatic rings. The molecule has 1 atom stereocenters. The van der Waals surface area contributed by atoms with Gasteiger partial charge in [0.1, 0.15) is 5.75 Å². The summed E-state index contributed by atoms with van der Waals surface area (Å²) < 4.78 is 5.23. The molecule has 1 heterocycles. The van der Waals surface area contributed by atoms with Crippen molar-refractivity contribution in [3.63, 3.8) is 0 Å². The zero-order chi connectivity index (χ0) is 13.8. The van der Waals surface area contributed by atoms with Gasteiger partial charge in [0.25, 0.3) is 0 Å². The van der Waals surface area contributed by atoms with Crippen molar-refractivity contribution < 1.29 is 4.74 Å². The van der Waals surface area contributed by atoms with Gasteiger partial charge in [-0.1, -0.05) is 18.2 Å². The lowest BCUT2D eigenvalue weighted by atomic mass is 9.98. The highest BCUT2D eigenvalue weighted by atomic mass is 16.5. The van der Waals surface area contributed by atoms with Gasteiger partial charge in [-0.05, 0) is 49.6 Å². The number of hydrogen-bond donors (Lipinski definition) is 1. The summed E-state index contributed by atoms with van der Waals surface area (Å²) in [5.74, 6) is 0.864. The molecule has 0 aliphatic heterocycles. The lowest BCUT2D eigenvalue weighted by molar-refractivity contribution is 0.414. The minimum absolute atomic E-state index is 0.0415. The summed E-state index contributed by atoms with van der Waals surface area (Å²) in [7, 11) is 1.67. The molecule has 0 radical (unpaired) electrons. The number of methoxy groups -OCH3 is 1. The van der Waals surface area contributed by atoms with E-state index >= 15 is 0 Å². The normalized spacial score (nSPS) is 12.2. The molecule has 3 nitrogen and oxygen atoms in total. The van der Waals surface area contributed by atoms with E-state index in [1.54, 1.807) is 7.11 Å². The van der Waals surface area contributed by atoms with Gasteiger partial charge in [0.15, 0.2) is 0 Å². The minimum Gasteiger partial charge on any atom is -0.497 e. The molecule has 1 aromatic carbocycles. The van der Waals surface area contributed by atoms with Gasteiger partial charge in [0, 0.05) is 17.4 Å². The second-order valence-electron chi connectivity index (χ2n) is 4.79. The molecule has 0 fully saturated rings. The van der Waals surface area contributed by atoms with E-state index < -0.39 is 0 Å². The van der Waals surface area contributed by atoms with Gasteiger partial charge in [-0.15, -0.1) is 0 Å². The molecule has 0 aliphatic carbocycles. The predicted octanol–water partition coefficient (Wildman–Crippen LogP) is 2.95. The molecule has 1 aromatic heterocycles. The van der Waals surface area contributed by atoms with Gasteiger partial charge in [0.05, 0.1) is 7.11 Å². The van der Waals surface area contributed by atoms with E-state index in [-0.39, 0.29) is 6.04 Å². The molecule has 0 saturated heterocycles. The Morgan fingerprint density at radius 3 is 2.68 bits per heavy atom. The van der Waals surface area contributed by atoms with Crippen LogP contribution in [-0.2, 0) is 6.42 Å². The van der Waals surface area contributed by atoms with Crippen molar-refractivity contribution in [2.75, 3.05) is 7.11 Å². The van der Waals surface area contributed by atoms with Crippen LogP contribution in [0.25, 0.3) is 0 Å². The maximum atomic E-state index is 6.29. The molecule has 2 rings (SSSR count). The Morgan fingerprint density at radius 2 is 2.00 bits per heavy atom. The average Bonchev–Trinajstić information content (AvgIpc) is 2.38. The van der Waals surface area contributed by atoms with Crippen LogP contribution >= 0.6 is 0 Å². The van der Waals surface area contributed by atoms with Gasteiger partial charge >= 0.3 is 0 Å². The fraction of sp³-hybridized carbons (Fsp3) is 0.312. The van der Waals surface area contributed by atoms with Gasteiger partial charge < -0.3 is 10.5 Å². The van der Waals surface area contributed by atoms with Crippen molar-refractivity contribution >= 4 is 0 Å². The standard InChI is InChI=1S/C16H20N2O/c1-11-7-8-15(12(2)18-11)16(17)10-13-5-4-6-14(9-13)19-3/h4-9,16H,10,17H2,1-3H3. The number of benzene rings is 1. The number of hydrogen-bond acceptors (Lipinski definition) is 3. The highest BCUT2D eigenvalue weighted by Crippen LogP contribution is 2.21. The van der Waals surface area contributed by atoms with E-state index in [1.807, 2.05) is 38.1 Å². The van der Waals surface area contributed by atoms with Crippen molar-refractivity contribution in [1.82, 2.24) is 4.98 Å². The van der Waals surface area contributed by atoms with Crippen molar-refractivity contribution in [2.24, 2.45) is 5.73 Å². The molecular weight excluding hydrogens is 236 g/mol. The molecular formula is C16H20N2O. The summed E-state index contributed by atoms with van der Waals surface area (Å²) in [5.41, 5.74) is 10.6. The van der Waals surface area contributed by atoms with Crippen molar-refractivity contribution in [1.29, 1.82) is 0 Å². The van der Waals surface area contributed by atoms with Crippen molar-refractivity contribution in [2.45, 2.75) is 26.3 Å². The maximum absolute atomic E-state index is 6.29. The summed E-state index contributed by atoms with van der Waals surface area (Å²) >= 11 is 0. The monoisotopic (exact) mass is 256 g/mol. The Kier molecular flexibility index (Phi) is 4.17. The lowest BCUT2D eigenvalue weighted by Gasteiger charge is -2.15. The second-order valence-corrected chi connectivity index (χ2v) is 4.79. The van der Waals surface area contributed by atoms with Crippen LogP contribution in [-0.4, -0.2) is 12.1 Å². The number of pyridine rings is 1. The topological polar surface area (TPSA) is 48.1 Å². The van der Waals surface area contributed by atoms with Crippen LogP contribution in [0.1, 0.15) is 28.6 Å². The van der Waals surface area contributed by atoms with Crippen LogP contribution in [0.4, 0.5) is 0 Å². The van der Waals surface area contributed by atoms with E-state index in [9.17, 15) is 0 Å². The molecule has 0 amide bonds. The van der Waals surface area contributed by atoms with Crippen LogP contribution in [0.3, 0.4) is 0 Å². The molecule has 19 heavy (non-hydrogen) atoms. The summed E-state index contributed by atoms with van der Waals surface area (Å²) in [4.78, 5) is 4.47. The first-order chi connectivity index (χ1) is 9.10. The lowest BCUT2D eigenvalue weighted by Crippen LogP contribution is -2.15. The summed E-state index contributed by atoms with van der Waals surface area (Å²) in [6, 6.07) is 12.1. The zero-order valence-corrected chi connectivity index (χ0v) is 11.7. The number of rotatable bonds is 4. The van der Waals surface area contributed by atoms with E-state index in [1.165, 1.54) is 5.56 Å². The largest absolute Gasteiger partial charge is 0.497 e. The summed E-state index contributed by atoms with van der Waals surface area (Å²) in [6.07, 6.45) is 0.781. The van der Waals surface area contributed by atoms with Crippen LogP contribution < -0.4 is 10.5 Å². The van der Waals surface area contributed by atoms with Gasteiger partial charge in [-0.3, -0.25) is 4.98 Å². The Morgan fingerprint density at radius 1 is 1.21 bits per heavy atom. The molecule has 2 aromatic rings. The first kappa shape index (κ1) is 13.6. The van der Waals surface area contributed by atoms with Crippen LogP contribution in [0.2, 0.25) is 0 Å². The summed E-state index contributed by atoms with van der Waals surface area (Å²) in [5, 5.41) is 0. The average molecular weight is 256 g/mol. The molecule has 1 unspecified atom stereocenters. The number of nitrogens with zero attached hydrogens (tertiary/aromatic N) is 1. The first-order valence-electron chi connectivity index (χ1n) is 6.43. The Bertz CT molecular complexity index is 566. The predicted molar refractivity (Wildman–Crippen MR) is 77.3 cm³/mol. The Balaban J connectivity index is 2.17. The Labute approximate surface area is 114 Å². The first-order valence-corrected chi connectivity index (χ1v) is 6.43. The second kappa shape index (κ2) is 5.85. The van der Waals surface area contributed by atoms with Crippen LogP contribution in [0.5, 0.6) is 5.75 Å². The van der Waals surface area contributed by atoms with E-state index in [0.29, 0.717) is 0 Å². The third kappa shape index (κ3) is 3.32. The molecule has 0 bridgehead atoms. The van der Waals surface area contributed by atoms with Gasteiger partial charge in [-0.25, -0.2) is 0 Å². The highest BCUT2D eigenvalue weighted by molar-refractivity contribution is 5.31. The van der Waals surface area contributed by atoms with E-state index in [4.69, 9.17) is 10.5 Å². The zero-order valence-electron chi connectivity index (χ0n) is 11.7. The van der Waals surface area contributed by atoms with Crippen LogP contribution in [0.15, 0.2) is 36.4 Å². The fourth-order valence-electron chi connectivity index (χ4n) is 2.25. The van der Waals surface area contributed by atoms with Gasteiger partial charge in [0.2, 0.25) is 0 Å². The van der Waals surface area contributed by atoms with Gasteiger partial charge in [-0.2, -0.15) is 0 Å². The van der Waals surface area contributed by atoms with Crippen LogP contribution in [0, 0.1) is 13.8 Å². The molecule has 2 N–H and O–H groups in total. The highest BCUT2D eigenvalue weighted by Gasteiger charge is 2.11. The number of aromatic nitrogens is 1. The quantitative estimate of drug-likeness (QED) is 0.915. The maximum Gasteiger partial charge on any atom is 0.119 e. The van der Waals surface area contributed by atoms with E-state index in [0.717, 1.165) is 29.1 Å². The summed E-state index contributed by atoms with van der Waals surface area (Å²) in [6.45, 7) is 4.00. The third-order valence-corrected chi connectivity index (χ3v) is 3.26. The third-order valence-electron chi connectivity index (χ3n) is 3.26. The molecule has 100 valence electrons. The molecule has 0 saturated carbocycles. The number of aryl methyl sites for hydroxylation is 2. The number of nitrogens with two attached hydrogens (primary N) is 1. The fourth-order valence-corrected chi connectivity index (χ4v) is 2.25. The molecule has 3 heteroatoms. The Hall–Kier alpha value is -1.87. The van der Waals surface area contributed by atoms with Crippen molar-refractivity contribution in [3.8, 4) is 5.75 Å². The smallest absolute Gasteiger partial charge is 0.119 e. The SMILES string of the molecule is COc1cccc(CC(N)c2ccc(C)nc2C)c1. The number of ether oxygens (including phenoxy) is 1. The van der Waals surface area contributed by atoms with Crippen molar-refractivity contribution in [3.05, 3.63) is 58.9 Å². The van der Waals surface area contributed by atoms with E-state index in [2.05, 4.69) is 17.1 Å².